The molecule has 0 bridgehead atoms. The van der Waals surface area contributed by atoms with Crippen molar-refractivity contribution in [2.75, 3.05) is 6.61 Å². The third-order valence-electron chi connectivity index (χ3n) is 2.99. The van der Waals surface area contributed by atoms with E-state index in [-0.39, 0.29) is 5.56 Å². The van der Waals surface area contributed by atoms with E-state index in [9.17, 15) is 4.79 Å². The molecule has 0 unspecified atom stereocenters. The van der Waals surface area contributed by atoms with E-state index < -0.39 is 5.97 Å². The van der Waals surface area contributed by atoms with Gasteiger partial charge in [-0.3, -0.25) is 4.98 Å². The number of hydrogen-bond donors (Lipinski definition) is 1. The van der Waals surface area contributed by atoms with Gasteiger partial charge in [0.1, 0.15) is 6.61 Å². The summed E-state index contributed by atoms with van der Waals surface area (Å²) in [6, 6.07) is 9.36. The fraction of sp³-hybridized carbons (Fsp3) is 0.0667. The third-order valence-corrected chi connectivity index (χ3v) is 2.99. The van der Waals surface area contributed by atoms with Gasteiger partial charge in [0.25, 0.3) is 0 Å². The van der Waals surface area contributed by atoms with Crippen LogP contribution in [0.5, 0.6) is 0 Å². The van der Waals surface area contributed by atoms with Crippen LogP contribution in [0.3, 0.4) is 0 Å². The number of aromatic nitrogens is 1. The van der Waals surface area contributed by atoms with Gasteiger partial charge in [-0.15, -0.1) is 0 Å². The fourth-order valence-corrected chi connectivity index (χ4v) is 2.07. The Hall–Kier alpha value is -2.62. The Labute approximate surface area is 108 Å². The van der Waals surface area contributed by atoms with Crippen LogP contribution in [0, 0.1) is 10.6 Å². The van der Waals surface area contributed by atoms with Crippen molar-refractivity contribution < 1.29 is 14.6 Å². The zero-order valence-corrected chi connectivity index (χ0v) is 10.0. The highest BCUT2D eigenvalue weighted by atomic mass is 16.5. The number of carboxylic acid groups (broad SMARTS) is 1. The summed E-state index contributed by atoms with van der Waals surface area (Å²) >= 11 is 0. The van der Waals surface area contributed by atoms with Gasteiger partial charge in [-0.2, -0.15) is 0 Å². The number of pyridine rings is 1. The van der Waals surface area contributed by atoms with Gasteiger partial charge in [-0.25, -0.2) is 4.79 Å². The van der Waals surface area contributed by atoms with Crippen molar-refractivity contribution in [2.45, 2.75) is 0 Å². The number of rotatable bonds is 1. The van der Waals surface area contributed by atoms with E-state index in [1.54, 1.807) is 12.3 Å². The third kappa shape index (κ3) is 2.08. The lowest BCUT2D eigenvalue weighted by Gasteiger charge is -2.01. The molecule has 4 heteroatoms. The molecule has 0 amide bonds. The molecule has 0 fully saturated rings. The molecule has 0 aliphatic carbocycles. The van der Waals surface area contributed by atoms with Gasteiger partial charge in [0, 0.05) is 21.9 Å². The Morgan fingerprint density at radius 1 is 1.26 bits per heavy atom. The predicted octanol–water partition coefficient (Wildman–Crippen LogP) is 0.615. The summed E-state index contributed by atoms with van der Waals surface area (Å²) in [4.78, 5) is 15.3. The van der Waals surface area contributed by atoms with Crippen LogP contribution in [0.1, 0.15) is 10.4 Å². The molecular weight excluding hydrogens is 242 g/mol. The van der Waals surface area contributed by atoms with Crippen molar-refractivity contribution in [3.05, 3.63) is 63.1 Å². The van der Waals surface area contributed by atoms with Crippen LogP contribution in [0.25, 0.3) is 12.3 Å². The molecule has 0 atom stereocenters. The number of hydrogen-bond acceptors (Lipinski definition) is 3. The van der Waals surface area contributed by atoms with Crippen molar-refractivity contribution in [3.63, 3.8) is 0 Å². The van der Waals surface area contributed by atoms with Crippen LogP contribution >= 0.6 is 0 Å². The highest BCUT2D eigenvalue weighted by Gasteiger charge is 2.03. The van der Waals surface area contributed by atoms with Gasteiger partial charge in [0.15, 0.2) is 0 Å². The van der Waals surface area contributed by atoms with E-state index >= 15 is 0 Å². The molecule has 1 aromatic heterocycles. The Morgan fingerprint density at radius 3 is 2.95 bits per heavy atom. The monoisotopic (exact) mass is 253 g/mol. The lowest BCUT2D eigenvalue weighted by Crippen LogP contribution is -2.17. The second-order valence-electron chi connectivity index (χ2n) is 4.21. The number of carboxylic acids is 1. The van der Waals surface area contributed by atoms with Crippen LogP contribution in [0.15, 0.2) is 36.5 Å². The number of nitrogens with zero attached hydrogens (tertiary/aromatic N) is 1. The van der Waals surface area contributed by atoms with Gasteiger partial charge in [0.05, 0.1) is 17.2 Å². The molecule has 0 saturated heterocycles. The maximum absolute atomic E-state index is 11.0. The first-order chi connectivity index (χ1) is 9.25. The van der Waals surface area contributed by atoms with Gasteiger partial charge in [0.2, 0.25) is 0 Å². The van der Waals surface area contributed by atoms with E-state index in [1.165, 1.54) is 6.20 Å². The highest BCUT2D eigenvalue weighted by Crippen LogP contribution is 1.95. The van der Waals surface area contributed by atoms with E-state index in [1.807, 2.05) is 30.3 Å². The molecule has 3 rings (SSSR count). The van der Waals surface area contributed by atoms with Crippen molar-refractivity contribution in [2.24, 2.45) is 0 Å². The molecule has 1 aliphatic heterocycles. The molecule has 1 N–H and O–H groups in total. The van der Waals surface area contributed by atoms with E-state index in [4.69, 9.17) is 9.84 Å². The Kier molecular flexibility index (Phi) is 2.76. The number of ether oxygens (including phenoxy) is 1. The highest BCUT2D eigenvalue weighted by molar-refractivity contribution is 5.87. The lowest BCUT2D eigenvalue weighted by molar-refractivity contribution is 0.0696. The second kappa shape index (κ2) is 4.57. The Bertz CT molecular complexity index is 856. The van der Waals surface area contributed by atoms with Crippen molar-refractivity contribution in [1.29, 1.82) is 0 Å². The maximum Gasteiger partial charge on any atom is 0.337 e. The quantitative estimate of drug-likeness (QED) is 0.809. The summed E-state index contributed by atoms with van der Waals surface area (Å²) in [6.07, 6.45) is 4.91. The van der Waals surface area contributed by atoms with Crippen molar-refractivity contribution in [1.82, 2.24) is 4.98 Å². The summed E-state index contributed by atoms with van der Waals surface area (Å²) in [5.41, 5.74) is 0.178. The van der Waals surface area contributed by atoms with E-state index in [0.717, 1.165) is 21.0 Å². The molecule has 4 nitrogen and oxygen atoms in total. The molecule has 2 heterocycles. The molecule has 19 heavy (non-hydrogen) atoms. The van der Waals surface area contributed by atoms with E-state index in [0.29, 0.717) is 6.61 Å². The largest absolute Gasteiger partial charge is 0.496 e. The van der Waals surface area contributed by atoms with E-state index in [2.05, 4.69) is 4.98 Å². The number of fused-ring (bicyclic) bond motifs is 2. The number of carbonyl (C=O) groups is 1. The zero-order chi connectivity index (χ0) is 13.2. The summed E-state index contributed by atoms with van der Waals surface area (Å²) in [6.45, 7) is 0.395. The molecule has 1 aromatic carbocycles. The molecular formula is C15H11NO3. The van der Waals surface area contributed by atoms with Crippen LogP contribution in [0.4, 0.5) is 0 Å². The summed E-state index contributed by atoms with van der Waals surface area (Å²) < 4.78 is 5.40. The lowest BCUT2D eigenvalue weighted by atomic mass is 10.1. The second-order valence-corrected chi connectivity index (χ2v) is 4.21. The minimum absolute atomic E-state index is 0.178. The minimum atomic E-state index is -0.980. The first-order valence-electron chi connectivity index (χ1n) is 5.86. The maximum atomic E-state index is 11.0. The average Bonchev–Trinajstić information content (AvgIpc) is 2.41. The smallest absolute Gasteiger partial charge is 0.337 e. The first kappa shape index (κ1) is 11.5. The molecule has 2 aromatic rings. The number of benzene rings is 1. The topological polar surface area (TPSA) is 59.4 Å². The minimum Gasteiger partial charge on any atom is -0.496 e. The molecule has 0 radical (unpaired) electrons. The fourth-order valence-electron chi connectivity index (χ4n) is 2.07. The Balaban J connectivity index is 2.54. The summed E-state index contributed by atoms with van der Waals surface area (Å²) in [5.74, 6) is -0.980. The van der Waals surface area contributed by atoms with Crippen molar-refractivity contribution in [3.8, 4) is 0 Å². The van der Waals surface area contributed by atoms with Crippen LogP contribution in [0.2, 0.25) is 0 Å². The van der Waals surface area contributed by atoms with Gasteiger partial charge in [-0.1, -0.05) is 24.3 Å². The summed E-state index contributed by atoms with van der Waals surface area (Å²) in [5, 5.41) is 12.4. The number of aromatic carboxylic acids is 1. The molecule has 0 saturated carbocycles. The zero-order valence-electron chi connectivity index (χ0n) is 10.0. The summed E-state index contributed by atoms with van der Waals surface area (Å²) in [7, 11) is 0. The normalized spacial score (nSPS) is 14.5. The first-order valence-corrected chi connectivity index (χ1v) is 5.86. The van der Waals surface area contributed by atoms with Crippen LogP contribution in [-0.2, 0) is 4.74 Å². The Morgan fingerprint density at radius 2 is 2.11 bits per heavy atom. The average molecular weight is 253 g/mol. The van der Waals surface area contributed by atoms with Crippen LogP contribution < -0.4 is 10.4 Å². The van der Waals surface area contributed by atoms with Gasteiger partial charge >= 0.3 is 5.97 Å². The SMILES string of the molecule is O=C(O)c1cn/c2c(c1)=CCOC=c1cccc\c1=2. The molecule has 0 spiro atoms. The van der Waals surface area contributed by atoms with Gasteiger partial charge in [-0.05, 0) is 12.1 Å². The molecule has 1 aliphatic rings. The standard InChI is InChI=1S/C15H11NO3/c17-15(18)12-7-10-5-6-19-9-11-3-1-2-4-13(11)14(10)16-8-12/h1-5,7-9H,6H2,(H,17,18)/b10-5?,11-9?,14-13-. The predicted molar refractivity (Wildman–Crippen MR) is 69.4 cm³/mol. The molecule has 94 valence electrons. The van der Waals surface area contributed by atoms with Gasteiger partial charge < -0.3 is 9.84 Å². The van der Waals surface area contributed by atoms with Crippen molar-refractivity contribution >= 4 is 18.3 Å². The van der Waals surface area contributed by atoms with Crippen LogP contribution in [-0.4, -0.2) is 22.7 Å².